The van der Waals surface area contributed by atoms with E-state index in [1.54, 1.807) is 25.4 Å². The van der Waals surface area contributed by atoms with Gasteiger partial charge in [0.05, 0.1) is 12.7 Å². The highest BCUT2D eigenvalue weighted by Crippen LogP contribution is 2.22. The first kappa shape index (κ1) is 17.4. The van der Waals surface area contributed by atoms with Crippen LogP contribution >= 0.6 is 0 Å². The summed E-state index contributed by atoms with van der Waals surface area (Å²) in [6, 6.07) is 3.53. The predicted molar refractivity (Wildman–Crippen MR) is 84.7 cm³/mol. The minimum atomic E-state index is -0.0937. The third kappa shape index (κ3) is 5.71. The summed E-state index contributed by atoms with van der Waals surface area (Å²) in [5, 5.41) is 3.12. The molecule has 0 bridgehead atoms. The van der Waals surface area contributed by atoms with Gasteiger partial charge in [-0.05, 0) is 38.5 Å². The van der Waals surface area contributed by atoms with Crippen molar-refractivity contribution in [2.75, 3.05) is 27.7 Å². The Kier molecular flexibility index (Phi) is 6.15. The number of carbonyl (C=O) groups excluding carboxylic acids is 1. The molecule has 0 aliphatic heterocycles. The lowest BCUT2D eigenvalue weighted by molar-refractivity contribution is 0.0892. The van der Waals surface area contributed by atoms with Gasteiger partial charge in [0.2, 0.25) is 5.88 Å². The smallest absolute Gasteiger partial charge is 0.253 e. The summed E-state index contributed by atoms with van der Waals surface area (Å²) in [6.45, 7) is 7.35. The Morgan fingerprint density at radius 1 is 1.38 bits per heavy atom. The van der Waals surface area contributed by atoms with Crippen molar-refractivity contribution in [3.63, 3.8) is 0 Å². The molecule has 1 atom stereocenters. The third-order valence-corrected chi connectivity index (χ3v) is 3.42. The molecule has 5 heteroatoms. The molecule has 1 aromatic rings. The largest absolute Gasteiger partial charge is 0.481 e. The van der Waals surface area contributed by atoms with Crippen LogP contribution in [0.3, 0.4) is 0 Å². The van der Waals surface area contributed by atoms with Crippen molar-refractivity contribution in [3.05, 3.63) is 23.9 Å². The molecule has 0 aliphatic carbocycles. The second-order valence-electron chi connectivity index (χ2n) is 6.57. The summed E-state index contributed by atoms with van der Waals surface area (Å²) in [5.74, 6) is 0.412. The van der Waals surface area contributed by atoms with Crippen molar-refractivity contribution in [2.24, 2.45) is 5.41 Å². The van der Waals surface area contributed by atoms with Gasteiger partial charge in [-0.3, -0.25) is 4.79 Å². The molecule has 0 saturated heterocycles. The van der Waals surface area contributed by atoms with Crippen molar-refractivity contribution >= 4 is 5.91 Å². The Balaban J connectivity index is 2.74. The van der Waals surface area contributed by atoms with Crippen LogP contribution in [0.1, 0.15) is 37.6 Å². The summed E-state index contributed by atoms with van der Waals surface area (Å²) in [4.78, 5) is 18.5. The van der Waals surface area contributed by atoms with Crippen molar-refractivity contribution < 1.29 is 9.53 Å². The quantitative estimate of drug-likeness (QED) is 0.873. The first-order valence-electron chi connectivity index (χ1n) is 7.19. The van der Waals surface area contributed by atoms with Crippen LogP contribution in [0.15, 0.2) is 18.3 Å². The molecule has 0 aromatic carbocycles. The van der Waals surface area contributed by atoms with Gasteiger partial charge in [-0.25, -0.2) is 4.98 Å². The number of carbonyl (C=O) groups is 1. The zero-order valence-corrected chi connectivity index (χ0v) is 13.9. The van der Waals surface area contributed by atoms with Crippen LogP contribution in [-0.4, -0.2) is 49.6 Å². The number of nitrogens with zero attached hydrogens (tertiary/aromatic N) is 2. The van der Waals surface area contributed by atoms with Gasteiger partial charge in [0.1, 0.15) is 0 Å². The van der Waals surface area contributed by atoms with E-state index in [2.05, 4.69) is 36.0 Å². The maximum Gasteiger partial charge on any atom is 0.253 e. The maximum atomic E-state index is 12.3. The molecule has 1 rings (SSSR count). The highest BCUT2D eigenvalue weighted by atomic mass is 16.5. The van der Waals surface area contributed by atoms with E-state index in [-0.39, 0.29) is 17.4 Å². The van der Waals surface area contributed by atoms with E-state index < -0.39 is 0 Å². The molecular formula is C16H27N3O2. The first-order valence-corrected chi connectivity index (χ1v) is 7.19. The Morgan fingerprint density at radius 3 is 2.48 bits per heavy atom. The number of hydrogen-bond acceptors (Lipinski definition) is 4. The fourth-order valence-electron chi connectivity index (χ4n) is 1.99. The minimum Gasteiger partial charge on any atom is -0.481 e. The van der Waals surface area contributed by atoms with Crippen LogP contribution in [0.5, 0.6) is 5.88 Å². The fraction of sp³-hybridized carbons (Fsp3) is 0.625. The second kappa shape index (κ2) is 7.41. The lowest BCUT2D eigenvalue weighted by Crippen LogP contribution is -2.45. The van der Waals surface area contributed by atoms with Gasteiger partial charge >= 0.3 is 0 Å². The molecule has 0 fully saturated rings. The highest BCUT2D eigenvalue weighted by molar-refractivity contribution is 5.94. The molecule has 118 valence electrons. The summed E-state index contributed by atoms with van der Waals surface area (Å²) < 4.78 is 5.00. The van der Waals surface area contributed by atoms with Crippen LogP contribution in [0.25, 0.3) is 0 Å². The van der Waals surface area contributed by atoms with Crippen LogP contribution in [0.2, 0.25) is 0 Å². The number of aromatic nitrogens is 1. The van der Waals surface area contributed by atoms with E-state index >= 15 is 0 Å². The number of methoxy groups -OCH3 is 1. The molecule has 21 heavy (non-hydrogen) atoms. The van der Waals surface area contributed by atoms with Crippen LogP contribution < -0.4 is 10.1 Å². The third-order valence-electron chi connectivity index (χ3n) is 3.42. The number of pyridine rings is 1. The van der Waals surface area contributed by atoms with Gasteiger partial charge in [-0.1, -0.05) is 20.8 Å². The SMILES string of the molecule is COc1ccc(C(=O)NC(CCN(C)C)C(C)(C)C)cn1. The summed E-state index contributed by atoms with van der Waals surface area (Å²) in [6.07, 6.45) is 2.45. The van der Waals surface area contributed by atoms with Crippen LogP contribution in [0.4, 0.5) is 0 Å². The second-order valence-corrected chi connectivity index (χ2v) is 6.57. The fourth-order valence-corrected chi connectivity index (χ4v) is 1.99. The van der Waals surface area contributed by atoms with Gasteiger partial charge in [-0.2, -0.15) is 0 Å². The summed E-state index contributed by atoms with van der Waals surface area (Å²) in [7, 11) is 5.63. The van der Waals surface area contributed by atoms with Gasteiger partial charge in [0, 0.05) is 18.3 Å². The standard InChI is InChI=1S/C16H27N3O2/c1-16(2,3)13(9-10-19(4)5)18-15(20)12-7-8-14(21-6)17-11-12/h7-8,11,13H,9-10H2,1-6H3,(H,18,20). The molecule has 1 heterocycles. The molecule has 0 radical (unpaired) electrons. The van der Waals surface area contributed by atoms with E-state index in [9.17, 15) is 4.79 Å². The highest BCUT2D eigenvalue weighted by Gasteiger charge is 2.26. The van der Waals surface area contributed by atoms with Gasteiger partial charge in [-0.15, -0.1) is 0 Å². The molecular weight excluding hydrogens is 266 g/mol. The lowest BCUT2D eigenvalue weighted by atomic mass is 9.84. The van der Waals surface area contributed by atoms with Gasteiger partial charge in [0.15, 0.2) is 0 Å². The van der Waals surface area contributed by atoms with E-state index in [1.165, 1.54) is 0 Å². The Bertz CT molecular complexity index is 450. The zero-order valence-electron chi connectivity index (χ0n) is 13.9. The summed E-state index contributed by atoms with van der Waals surface area (Å²) in [5.41, 5.74) is 0.556. The zero-order chi connectivity index (χ0) is 16.0. The number of ether oxygens (including phenoxy) is 1. The number of rotatable bonds is 6. The molecule has 1 amide bonds. The van der Waals surface area contributed by atoms with E-state index in [0.29, 0.717) is 11.4 Å². The predicted octanol–water partition coefficient (Wildman–Crippen LogP) is 2.19. The van der Waals surface area contributed by atoms with E-state index in [1.807, 2.05) is 14.1 Å². The van der Waals surface area contributed by atoms with Crippen LogP contribution in [0, 0.1) is 5.41 Å². The summed E-state index contributed by atoms with van der Waals surface area (Å²) >= 11 is 0. The lowest BCUT2D eigenvalue weighted by Gasteiger charge is -2.32. The molecule has 1 N–H and O–H groups in total. The molecule has 1 aromatic heterocycles. The molecule has 0 saturated carbocycles. The molecule has 0 aliphatic rings. The Labute approximate surface area is 127 Å². The van der Waals surface area contributed by atoms with E-state index in [0.717, 1.165) is 13.0 Å². The molecule has 0 spiro atoms. The van der Waals surface area contributed by atoms with Crippen molar-refractivity contribution in [2.45, 2.75) is 33.2 Å². The topological polar surface area (TPSA) is 54.5 Å². The normalized spacial score (nSPS) is 13.1. The van der Waals surface area contributed by atoms with Crippen molar-refractivity contribution in [1.29, 1.82) is 0 Å². The van der Waals surface area contributed by atoms with Crippen molar-refractivity contribution in [1.82, 2.24) is 15.2 Å². The number of nitrogens with one attached hydrogen (secondary N) is 1. The van der Waals surface area contributed by atoms with Gasteiger partial charge in [0.25, 0.3) is 5.91 Å². The van der Waals surface area contributed by atoms with Crippen LogP contribution in [-0.2, 0) is 0 Å². The average Bonchev–Trinajstić information content (AvgIpc) is 2.41. The first-order chi connectivity index (χ1) is 9.74. The maximum absolute atomic E-state index is 12.3. The monoisotopic (exact) mass is 293 g/mol. The minimum absolute atomic E-state index is 0.00552. The average molecular weight is 293 g/mol. The number of hydrogen-bond donors (Lipinski definition) is 1. The number of amides is 1. The van der Waals surface area contributed by atoms with Crippen molar-refractivity contribution in [3.8, 4) is 5.88 Å². The Hall–Kier alpha value is -1.62. The van der Waals surface area contributed by atoms with Gasteiger partial charge < -0.3 is 15.0 Å². The molecule has 5 nitrogen and oxygen atoms in total. The van der Waals surface area contributed by atoms with E-state index in [4.69, 9.17) is 4.74 Å². The molecule has 1 unspecified atom stereocenters. The Morgan fingerprint density at radius 2 is 2.05 bits per heavy atom.